The first-order valence-electron chi connectivity index (χ1n) is 7.92. The number of rotatable bonds is 5. The monoisotopic (exact) mass is 322 g/mol. The number of anilines is 1. The first-order chi connectivity index (χ1) is 11.0. The summed E-state index contributed by atoms with van der Waals surface area (Å²) in [4.78, 5) is 23.5. The van der Waals surface area contributed by atoms with E-state index in [-0.39, 0.29) is 24.1 Å². The SMILES string of the molecule is COC(=O)c1cc(NCC(=O)N[C@H]2CCCC[C@@H]2C)ccc1F. The van der Waals surface area contributed by atoms with Gasteiger partial charge in [0.1, 0.15) is 5.82 Å². The van der Waals surface area contributed by atoms with Gasteiger partial charge in [0, 0.05) is 11.7 Å². The van der Waals surface area contributed by atoms with E-state index < -0.39 is 11.8 Å². The van der Waals surface area contributed by atoms with Gasteiger partial charge in [-0.25, -0.2) is 9.18 Å². The van der Waals surface area contributed by atoms with E-state index in [0.29, 0.717) is 11.6 Å². The molecule has 1 fully saturated rings. The summed E-state index contributed by atoms with van der Waals surface area (Å²) in [5.74, 6) is -1.01. The number of methoxy groups -OCH3 is 1. The predicted molar refractivity (Wildman–Crippen MR) is 85.8 cm³/mol. The van der Waals surface area contributed by atoms with Gasteiger partial charge in [-0.2, -0.15) is 0 Å². The van der Waals surface area contributed by atoms with E-state index >= 15 is 0 Å². The number of carbonyl (C=O) groups excluding carboxylic acids is 2. The summed E-state index contributed by atoms with van der Waals surface area (Å²) in [7, 11) is 1.20. The van der Waals surface area contributed by atoms with Crippen LogP contribution in [0.1, 0.15) is 43.0 Å². The molecule has 5 nitrogen and oxygen atoms in total. The van der Waals surface area contributed by atoms with Gasteiger partial charge in [0.15, 0.2) is 0 Å². The van der Waals surface area contributed by atoms with Crippen LogP contribution in [-0.2, 0) is 9.53 Å². The van der Waals surface area contributed by atoms with E-state index in [1.165, 1.54) is 31.7 Å². The maximum atomic E-state index is 13.6. The second-order valence-electron chi connectivity index (χ2n) is 5.98. The molecule has 1 aliphatic rings. The van der Waals surface area contributed by atoms with Crippen molar-refractivity contribution in [2.75, 3.05) is 19.0 Å². The molecule has 126 valence electrons. The van der Waals surface area contributed by atoms with Gasteiger partial charge in [0.25, 0.3) is 0 Å². The van der Waals surface area contributed by atoms with Gasteiger partial charge in [-0.3, -0.25) is 4.79 Å². The molecule has 1 saturated carbocycles. The van der Waals surface area contributed by atoms with E-state index in [0.717, 1.165) is 19.3 Å². The molecule has 0 aliphatic heterocycles. The number of amides is 1. The fraction of sp³-hybridized carbons (Fsp3) is 0.529. The average Bonchev–Trinajstić information content (AvgIpc) is 2.55. The van der Waals surface area contributed by atoms with Crippen LogP contribution in [0, 0.1) is 11.7 Å². The van der Waals surface area contributed by atoms with Crippen LogP contribution in [0.3, 0.4) is 0 Å². The molecule has 2 N–H and O–H groups in total. The Hall–Kier alpha value is -2.11. The van der Waals surface area contributed by atoms with Crippen molar-refractivity contribution in [2.45, 2.75) is 38.6 Å². The lowest BCUT2D eigenvalue weighted by atomic mass is 9.86. The highest BCUT2D eigenvalue weighted by atomic mass is 19.1. The highest BCUT2D eigenvalue weighted by molar-refractivity contribution is 5.91. The molecule has 6 heteroatoms. The summed E-state index contributed by atoms with van der Waals surface area (Å²) < 4.78 is 18.1. The summed E-state index contributed by atoms with van der Waals surface area (Å²) in [6.45, 7) is 2.23. The first-order valence-corrected chi connectivity index (χ1v) is 7.92. The molecule has 2 rings (SSSR count). The molecule has 1 aliphatic carbocycles. The molecule has 2 atom stereocenters. The Morgan fingerprint density at radius 1 is 1.30 bits per heavy atom. The summed E-state index contributed by atoms with van der Waals surface area (Å²) in [5, 5.41) is 5.94. The van der Waals surface area contributed by atoms with Gasteiger partial charge in [-0.15, -0.1) is 0 Å². The Morgan fingerprint density at radius 2 is 2.04 bits per heavy atom. The van der Waals surface area contributed by atoms with E-state index in [1.807, 2.05) is 0 Å². The molecule has 1 aromatic rings. The maximum Gasteiger partial charge on any atom is 0.340 e. The highest BCUT2D eigenvalue weighted by Gasteiger charge is 2.22. The number of ether oxygens (including phenoxy) is 1. The largest absolute Gasteiger partial charge is 0.465 e. The van der Waals surface area contributed by atoms with Crippen LogP contribution in [-0.4, -0.2) is 31.6 Å². The standard InChI is InChI=1S/C17H23FN2O3/c1-11-5-3-4-6-15(11)20-16(21)10-19-12-7-8-14(18)13(9-12)17(22)23-2/h7-9,11,15,19H,3-6,10H2,1-2H3,(H,20,21)/t11-,15-/m0/s1. The van der Waals surface area contributed by atoms with Gasteiger partial charge < -0.3 is 15.4 Å². The topological polar surface area (TPSA) is 67.4 Å². The Bertz CT molecular complexity index is 577. The first kappa shape index (κ1) is 17.2. The fourth-order valence-corrected chi connectivity index (χ4v) is 2.87. The van der Waals surface area contributed by atoms with Crippen molar-refractivity contribution in [3.05, 3.63) is 29.6 Å². The smallest absolute Gasteiger partial charge is 0.340 e. The predicted octanol–water partition coefficient (Wildman–Crippen LogP) is 2.72. The minimum atomic E-state index is -0.744. The molecule has 0 saturated heterocycles. The zero-order chi connectivity index (χ0) is 16.8. The number of hydrogen-bond donors (Lipinski definition) is 2. The van der Waals surface area contributed by atoms with Crippen molar-refractivity contribution in [3.63, 3.8) is 0 Å². The van der Waals surface area contributed by atoms with Gasteiger partial charge in [0.05, 0.1) is 19.2 Å². The van der Waals surface area contributed by atoms with Crippen molar-refractivity contribution < 1.29 is 18.7 Å². The Morgan fingerprint density at radius 3 is 2.74 bits per heavy atom. The van der Waals surface area contributed by atoms with Crippen LogP contribution >= 0.6 is 0 Å². The van der Waals surface area contributed by atoms with Crippen molar-refractivity contribution in [3.8, 4) is 0 Å². The normalized spacial score (nSPS) is 20.7. The van der Waals surface area contributed by atoms with E-state index in [2.05, 4.69) is 22.3 Å². The lowest BCUT2D eigenvalue weighted by Crippen LogP contribution is -2.43. The summed E-state index contributed by atoms with van der Waals surface area (Å²) in [6, 6.07) is 4.22. The number of carbonyl (C=O) groups is 2. The van der Waals surface area contributed by atoms with Gasteiger partial charge >= 0.3 is 5.97 Å². The number of esters is 1. The number of benzene rings is 1. The van der Waals surface area contributed by atoms with Crippen molar-refractivity contribution in [2.24, 2.45) is 5.92 Å². The van der Waals surface area contributed by atoms with Crippen LogP contribution in [0.25, 0.3) is 0 Å². The number of hydrogen-bond acceptors (Lipinski definition) is 4. The third kappa shape index (κ3) is 4.68. The van der Waals surface area contributed by atoms with Gasteiger partial charge in [0.2, 0.25) is 5.91 Å². The molecule has 1 aromatic carbocycles. The molecule has 0 unspecified atom stereocenters. The minimum Gasteiger partial charge on any atom is -0.465 e. The Balaban J connectivity index is 1.90. The molecule has 0 bridgehead atoms. The number of nitrogens with one attached hydrogen (secondary N) is 2. The van der Waals surface area contributed by atoms with Crippen molar-refractivity contribution >= 4 is 17.6 Å². The van der Waals surface area contributed by atoms with Gasteiger partial charge in [-0.05, 0) is 37.0 Å². The summed E-state index contributed by atoms with van der Waals surface area (Å²) in [5.41, 5.74) is 0.345. The lowest BCUT2D eigenvalue weighted by Gasteiger charge is -2.29. The van der Waals surface area contributed by atoms with Crippen LogP contribution in [0.2, 0.25) is 0 Å². The zero-order valence-corrected chi connectivity index (χ0v) is 13.5. The molecular formula is C17H23FN2O3. The van der Waals surface area contributed by atoms with Crippen molar-refractivity contribution in [1.82, 2.24) is 5.32 Å². The average molecular weight is 322 g/mol. The van der Waals surface area contributed by atoms with Crippen LogP contribution in [0.15, 0.2) is 18.2 Å². The molecular weight excluding hydrogens is 299 g/mol. The van der Waals surface area contributed by atoms with Gasteiger partial charge in [-0.1, -0.05) is 19.8 Å². The second kappa shape index (κ2) is 7.94. The number of halogens is 1. The highest BCUT2D eigenvalue weighted by Crippen LogP contribution is 2.23. The molecule has 0 radical (unpaired) electrons. The third-order valence-corrected chi connectivity index (χ3v) is 4.28. The van der Waals surface area contributed by atoms with Crippen LogP contribution in [0.5, 0.6) is 0 Å². The second-order valence-corrected chi connectivity index (χ2v) is 5.98. The van der Waals surface area contributed by atoms with E-state index in [1.54, 1.807) is 0 Å². The van der Waals surface area contributed by atoms with Crippen LogP contribution < -0.4 is 10.6 Å². The quantitative estimate of drug-likeness (QED) is 0.818. The van der Waals surface area contributed by atoms with E-state index in [9.17, 15) is 14.0 Å². The molecule has 0 heterocycles. The molecule has 1 amide bonds. The lowest BCUT2D eigenvalue weighted by molar-refractivity contribution is -0.120. The summed E-state index contributed by atoms with van der Waals surface area (Å²) in [6.07, 6.45) is 4.51. The zero-order valence-electron chi connectivity index (χ0n) is 13.5. The minimum absolute atomic E-state index is 0.0788. The van der Waals surface area contributed by atoms with Crippen LogP contribution in [0.4, 0.5) is 10.1 Å². The third-order valence-electron chi connectivity index (χ3n) is 4.28. The molecule has 0 aromatic heterocycles. The Kier molecular flexibility index (Phi) is 5.96. The molecule has 0 spiro atoms. The Labute approximate surface area is 135 Å². The maximum absolute atomic E-state index is 13.6. The van der Waals surface area contributed by atoms with Crippen molar-refractivity contribution in [1.29, 1.82) is 0 Å². The van der Waals surface area contributed by atoms with E-state index in [4.69, 9.17) is 0 Å². The fourth-order valence-electron chi connectivity index (χ4n) is 2.87. The molecule has 23 heavy (non-hydrogen) atoms. The summed E-state index contributed by atoms with van der Waals surface area (Å²) >= 11 is 0.